The zero-order valence-corrected chi connectivity index (χ0v) is 13.2. The maximum Gasteiger partial charge on any atom is 0.259 e. The van der Waals surface area contributed by atoms with Crippen LogP contribution in [0.25, 0.3) is 0 Å². The number of hydrogen-bond acceptors (Lipinski definition) is 5. The van der Waals surface area contributed by atoms with Crippen LogP contribution in [0.1, 0.15) is 29.6 Å². The molecule has 3 rings (SSSR count). The van der Waals surface area contributed by atoms with Crippen molar-refractivity contribution in [1.29, 1.82) is 5.26 Å². The van der Waals surface area contributed by atoms with Gasteiger partial charge in [0.05, 0.1) is 6.07 Å². The first-order valence-electron chi connectivity index (χ1n) is 7.66. The molecule has 6 heteroatoms. The van der Waals surface area contributed by atoms with Crippen molar-refractivity contribution in [3.63, 3.8) is 0 Å². The highest BCUT2D eigenvalue weighted by molar-refractivity contribution is 7.99. The minimum absolute atomic E-state index is 0.0369. The molecule has 0 N–H and O–H groups in total. The van der Waals surface area contributed by atoms with Crippen molar-refractivity contribution < 1.29 is 9.53 Å². The molecule has 0 aliphatic carbocycles. The Balaban J connectivity index is 1.71. The summed E-state index contributed by atoms with van der Waals surface area (Å²) in [6, 6.07) is 5.84. The van der Waals surface area contributed by atoms with Crippen molar-refractivity contribution in [3.05, 3.63) is 23.9 Å². The highest BCUT2D eigenvalue weighted by Crippen LogP contribution is 2.26. The van der Waals surface area contributed by atoms with Gasteiger partial charge < -0.3 is 9.64 Å². The van der Waals surface area contributed by atoms with Gasteiger partial charge in [-0.25, -0.2) is 4.98 Å². The van der Waals surface area contributed by atoms with Crippen LogP contribution in [0.2, 0.25) is 0 Å². The van der Waals surface area contributed by atoms with Crippen LogP contribution >= 0.6 is 11.8 Å². The summed E-state index contributed by atoms with van der Waals surface area (Å²) in [4.78, 5) is 18.8. The number of aromatic nitrogens is 1. The number of ether oxygens (including phenoxy) is 1. The fraction of sp³-hybridized carbons (Fsp3) is 0.562. The molecule has 1 atom stereocenters. The summed E-state index contributed by atoms with van der Waals surface area (Å²) < 4.78 is 5.93. The van der Waals surface area contributed by atoms with Crippen LogP contribution in [0.3, 0.4) is 0 Å². The van der Waals surface area contributed by atoms with E-state index in [0.717, 1.165) is 30.8 Å². The fourth-order valence-corrected chi connectivity index (χ4v) is 3.89. The van der Waals surface area contributed by atoms with Crippen molar-refractivity contribution >= 4 is 17.7 Å². The largest absolute Gasteiger partial charge is 0.473 e. The molecule has 0 aromatic carbocycles. The summed E-state index contributed by atoms with van der Waals surface area (Å²) in [5.74, 6) is 2.54. The lowest BCUT2D eigenvalue weighted by molar-refractivity contribution is 0.0699. The number of likely N-dealkylation sites (tertiary alicyclic amines) is 1. The molecular weight excluding hydrogens is 298 g/mol. The molecule has 5 nitrogen and oxygen atoms in total. The van der Waals surface area contributed by atoms with E-state index in [1.54, 1.807) is 23.2 Å². The SMILES string of the molecule is N#CC1CCN(C(=O)c2cccnc2OC2CCSC2)CC1. The van der Waals surface area contributed by atoms with Crippen molar-refractivity contribution in [3.8, 4) is 11.9 Å². The van der Waals surface area contributed by atoms with E-state index in [1.807, 2.05) is 11.8 Å². The number of hydrogen-bond donors (Lipinski definition) is 0. The number of nitriles is 1. The maximum absolute atomic E-state index is 12.7. The Bertz CT molecular complexity index is 573. The Morgan fingerprint density at radius 1 is 1.41 bits per heavy atom. The number of carbonyl (C=O) groups excluding carboxylic acids is 1. The van der Waals surface area contributed by atoms with Gasteiger partial charge in [0, 0.05) is 31.0 Å². The molecule has 2 aliphatic heterocycles. The van der Waals surface area contributed by atoms with Crippen molar-refractivity contribution in [2.45, 2.75) is 25.4 Å². The average molecular weight is 317 g/mol. The minimum Gasteiger partial charge on any atom is -0.473 e. The van der Waals surface area contributed by atoms with E-state index in [9.17, 15) is 4.79 Å². The second kappa shape index (κ2) is 7.01. The number of thioether (sulfide) groups is 1. The molecule has 0 saturated carbocycles. The van der Waals surface area contributed by atoms with Crippen LogP contribution in [0.4, 0.5) is 0 Å². The Hall–Kier alpha value is -1.74. The molecule has 3 heterocycles. The van der Waals surface area contributed by atoms with Gasteiger partial charge >= 0.3 is 0 Å². The molecule has 0 bridgehead atoms. The minimum atomic E-state index is -0.0369. The Labute approximate surface area is 134 Å². The highest BCUT2D eigenvalue weighted by Gasteiger charge is 2.27. The first kappa shape index (κ1) is 15.2. The van der Waals surface area contributed by atoms with E-state index in [1.165, 1.54) is 0 Å². The normalized spacial score (nSPS) is 22.3. The van der Waals surface area contributed by atoms with Gasteiger partial charge in [-0.2, -0.15) is 17.0 Å². The first-order chi connectivity index (χ1) is 10.8. The predicted molar refractivity (Wildman–Crippen MR) is 84.8 cm³/mol. The number of amides is 1. The zero-order valence-electron chi connectivity index (χ0n) is 12.4. The van der Waals surface area contributed by atoms with E-state index in [4.69, 9.17) is 10.00 Å². The number of pyridine rings is 1. The lowest BCUT2D eigenvalue weighted by Crippen LogP contribution is -2.38. The molecule has 22 heavy (non-hydrogen) atoms. The van der Waals surface area contributed by atoms with Crippen LogP contribution in [-0.4, -0.2) is 46.5 Å². The van der Waals surface area contributed by atoms with Gasteiger partial charge in [0.1, 0.15) is 11.7 Å². The van der Waals surface area contributed by atoms with Gasteiger partial charge in [-0.1, -0.05) is 0 Å². The molecule has 0 radical (unpaired) electrons. The molecule has 1 aromatic heterocycles. The third-order valence-electron chi connectivity index (χ3n) is 4.13. The van der Waals surface area contributed by atoms with Crippen molar-refractivity contribution in [2.24, 2.45) is 5.92 Å². The number of carbonyl (C=O) groups is 1. The quantitative estimate of drug-likeness (QED) is 0.856. The summed E-state index contributed by atoms with van der Waals surface area (Å²) in [5, 5.41) is 8.95. The molecule has 1 unspecified atom stereocenters. The first-order valence-corrected chi connectivity index (χ1v) is 8.81. The van der Waals surface area contributed by atoms with Gasteiger partial charge in [0.15, 0.2) is 0 Å². The predicted octanol–water partition coefficient (Wildman–Crippen LogP) is 2.34. The van der Waals surface area contributed by atoms with E-state index >= 15 is 0 Å². The molecule has 1 amide bonds. The van der Waals surface area contributed by atoms with Crippen LogP contribution < -0.4 is 4.74 Å². The van der Waals surface area contributed by atoms with Gasteiger partial charge in [-0.3, -0.25) is 4.79 Å². The van der Waals surface area contributed by atoms with Crippen molar-refractivity contribution in [2.75, 3.05) is 24.6 Å². The van der Waals surface area contributed by atoms with Crippen molar-refractivity contribution in [1.82, 2.24) is 9.88 Å². The summed E-state index contributed by atoms with van der Waals surface area (Å²) in [7, 11) is 0. The number of rotatable bonds is 3. The third kappa shape index (κ3) is 3.36. The summed E-state index contributed by atoms with van der Waals surface area (Å²) in [6.45, 7) is 1.26. The van der Waals surface area contributed by atoms with Crippen LogP contribution in [0.5, 0.6) is 5.88 Å². The molecule has 116 valence electrons. The second-order valence-electron chi connectivity index (χ2n) is 5.66. The van der Waals surface area contributed by atoms with Gasteiger partial charge in [-0.05, 0) is 37.1 Å². The molecule has 1 aromatic rings. The topological polar surface area (TPSA) is 66.2 Å². The standard InChI is InChI=1S/C16H19N3O2S/c17-10-12-3-7-19(8-4-12)16(20)14-2-1-6-18-15(14)21-13-5-9-22-11-13/h1-2,6,12-13H,3-5,7-9,11H2. The lowest BCUT2D eigenvalue weighted by atomic mass is 9.98. The van der Waals surface area contributed by atoms with E-state index < -0.39 is 0 Å². The number of nitrogens with zero attached hydrogens (tertiary/aromatic N) is 3. The molecular formula is C16H19N3O2S. The molecule has 2 fully saturated rings. The van der Waals surface area contributed by atoms with Crippen LogP contribution in [0, 0.1) is 17.2 Å². The monoisotopic (exact) mass is 317 g/mol. The number of piperidine rings is 1. The van der Waals surface area contributed by atoms with Gasteiger partial charge in [0.2, 0.25) is 5.88 Å². The van der Waals surface area contributed by atoms with E-state index in [2.05, 4.69) is 11.1 Å². The Morgan fingerprint density at radius 3 is 2.91 bits per heavy atom. The smallest absolute Gasteiger partial charge is 0.259 e. The van der Waals surface area contributed by atoms with Gasteiger partial charge in [0.25, 0.3) is 5.91 Å². The highest BCUT2D eigenvalue weighted by atomic mass is 32.2. The van der Waals surface area contributed by atoms with Crippen LogP contribution in [0.15, 0.2) is 18.3 Å². The van der Waals surface area contributed by atoms with Gasteiger partial charge in [-0.15, -0.1) is 0 Å². The zero-order chi connectivity index (χ0) is 15.4. The third-order valence-corrected chi connectivity index (χ3v) is 5.26. The summed E-state index contributed by atoms with van der Waals surface area (Å²) in [5.41, 5.74) is 0.537. The van der Waals surface area contributed by atoms with Crippen LogP contribution in [-0.2, 0) is 0 Å². The second-order valence-corrected chi connectivity index (χ2v) is 6.80. The Kier molecular flexibility index (Phi) is 4.84. The summed E-state index contributed by atoms with van der Waals surface area (Å²) >= 11 is 1.87. The average Bonchev–Trinajstić information content (AvgIpc) is 3.08. The van der Waals surface area contributed by atoms with E-state index in [-0.39, 0.29) is 17.9 Å². The van der Waals surface area contributed by atoms with E-state index in [0.29, 0.717) is 24.5 Å². The maximum atomic E-state index is 12.7. The Morgan fingerprint density at radius 2 is 2.23 bits per heavy atom. The molecule has 2 aliphatic rings. The molecule has 0 spiro atoms. The lowest BCUT2D eigenvalue weighted by Gasteiger charge is -2.29. The molecule has 2 saturated heterocycles. The fourth-order valence-electron chi connectivity index (χ4n) is 2.79. The summed E-state index contributed by atoms with van der Waals surface area (Å²) in [6.07, 6.45) is 4.31.